The lowest BCUT2D eigenvalue weighted by atomic mass is 10.2. The second kappa shape index (κ2) is 11.1. The molecule has 2 aromatic rings. The summed E-state index contributed by atoms with van der Waals surface area (Å²) >= 11 is 0. The smallest absolute Gasteiger partial charge is 0.351 e. The molecule has 0 aromatic heterocycles. The van der Waals surface area contributed by atoms with Crippen LogP contribution >= 0.6 is 7.60 Å². The standard InChI is InChI=1S/C21H28NO4P/c1-4-16-24-20-14-12-19(13-15-20)21(27(23,25-5-2)26-6-3)22-17-18-10-8-7-9-11-18/h4,7-16,21-22H,5-6,17H2,1-3H3/b16-4+. The molecular formula is C21H28NO4P. The van der Waals surface area contributed by atoms with Crippen molar-refractivity contribution >= 4 is 7.60 Å². The third-order valence-electron chi connectivity index (χ3n) is 3.81. The summed E-state index contributed by atoms with van der Waals surface area (Å²) in [5.74, 6) is 0.134. The van der Waals surface area contributed by atoms with Crippen LogP contribution in [0.2, 0.25) is 0 Å². The highest BCUT2D eigenvalue weighted by molar-refractivity contribution is 7.54. The molecule has 1 N–H and O–H groups in total. The van der Waals surface area contributed by atoms with Crippen molar-refractivity contribution in [2.75, 3.05) is 13.2 Å². The Bertz CT molecular complexity index is 737. The Hall–Kier alpha value is -1.91. The van der Waals surface area contributed by atoms with Gasteiger partial charge in [0.25, 0.3) is 0 Å². The fourth-order valence-corrected chi connectivity index (χ4v) is 4.59. The maximum atomic E-state index is 13.4. The summed E-state index contributed by atoms with van der Waals surface area (Å²) in [5.41, 5.74) is 1.92. The summed E-state index contributed by atoms with van der Waals surface area (Å²) in [6.45, 7) is 6.68. The van der Waals surface area contributed by atoms with Crippen LogP contribution < -0.4 is 10.1 Å². The van der Waals surface area contributed by atoms with Gasteiger partial charge < -0.3 is 13.8 Å². The lowest BCUT2D eigenvalue weighted by molar-refractivity contribution is 0.207. The van der Waals surface area contributed by atoms with Crippen molar-refractivity contribution in [2.45, 2.75) is 33.1 Å². The maximum absolute atomic E-state index is 13.4. The molecule has 0 radical (unpaired) electrons. The number of benzene rings is 2. The monoisotopic (exact) mass is 389 g/mol. The average molecular weight is 389 g/mol. The Morgan fingerprint density at radius 3 is 2.19 bits per heavy atom. The molecule has 0 saturated heterocycles. The number of hydrogen-bond donors (Lipinski definition) is 1. The van der Waals surface area contributed by atoms with Crippen LogP contribution in [0.3, 0.4) is 0 Å². The van der Waals surface area contributed by atoms with Crippen molar-refractivity contribution in [2.24, 2.45) is 0 Å². The van der Waals surface area contributed by atoms with Gasteiger partial charge in [0.1, 0.15) is 11.5 Å². The van der Waals surface area contributed by atoms with Gasteiger partial charge in [-0.1, -0.05) is 48.5 Å². The largest absolute Gasteiger partial charge is 0.465 e. The van der Waals surface area contributed by atoms with Crippen molar-refractivity contribution < 1.29 is 18.3 Å². The third-order valence-corrected chi connectivity index (χ3v) is 6.16. The van der Waals surface area contributed by atoms with Crippen LogP contribution in [-0.4, -0.2) is 13.2 Å². The molecule has 0 saturated carbocycles. The first kappa shape index (κ1) is 21.4. The molecule has 2 rings (SSSR count). The quantitative estimate of drug-likeness (QED) is 0.397. The molecule has 1 atom stereocenters. The summed E-state index contributed by atoms with van der Waals surface area (Å²) in [7, 11) is -3.39. The van der Waals surface area contributed by atoms with Crippen LogP contribution in [0.4, 0.5) is 0 Å². The van der Waals surface area contributed by atoms with Gasteiger partial charge in [-0.25, -0.2) is 0 Å². The summed E-state index contributed by atoms with van der Waals surface area (Å²) < 4.78 is 30.1. The molecule has 2 aromatic carbocycles. The topological polar surface area (TPSA) is 56.8 Å². The lowest BCUT2D eigenvalue weighted by Gasteiger charge is -2.27. The van der Waals surface area contributed by atoms with Crippen LogP contribution in [0.25, 0.3) is 0 Å². The van der Waals surface area contributed by atoms with Gasteiger partial charge in [0.2, 0.25) is 0 Å². The second-order valence-electron chi connectivity index (χ2n) is 5.80. The van der Waals surface area contributed by atoms with Crippen LogP contribution in [0.15, 0.2) is 66.9 Å². The van der Waals surface area contributed by atoms with Crippen LogP contribution in [0.1, 0.15) is 37.7 Å². The van der Waals surface area contributed by atoms with Gasteiger partial charge in [-0.05, 0) is 44.0 Å². The molecule has 0 spiro atoms. The molecule has 5 nitrogen and oxygen atoms in total. The van der Waals surface area contributed by atoms with E-state index in [1.165, 1.54) is 0 Å². The van der Waals surface area contributed by atoms with Crippen LogP contribution in [-0.2, 0) is 20.2 Å². The molecular weight excluding hydrogens is 361 g/mol. The van der Waals surface area contributed by atoms with E-state index in [4.69, 9.17) is 13.8 Å². The molecule has 0 bridgehead atoms. The van der Waals surface area contributed by atoms with Gasteiger partial charge in [-0.2, -0.15) is 0 Å². The van der Waals surface area contributed by atoms with Crippen molar-refractivity contribution in [3.05, 3.63) is 78.1 Å². The fraction of sp³-hybridized carbons (Fsp3) is 0.333. The summed E-state index contributed by atoms with van der Waals surface area (Å²) in [5, 5.41) is 3.36. The molecule has 1 unspecified atom stereocenters. The molecule has 0 fully saturated rings. The number of rotatable bonds is 11. The van der Waals surface area contributed by atoms with E-state index in [1.807, 2.05) is 81.4 Å². The second-order valence-corrected chi connectivity index (χ2v) is 7.91. The minimum Gasteiger partial charge on any atom is -0.465 e. The average Bonchev–Trinajstić information content (AvgIpc) is 2.68. The van der Waals surface area contributed by atoms with E-state index in [2.05, 4.69) is 5.32 Å². The third kappa shape index (κ3) is 6.33. The van der Waals surface area contributed by atoms with Gasteiger partial charge in [-0.15, -0.1) is 0 Å². The van der Waals surface area contributed by atoms with E-state index >= 15 is 0 Å². The predicted molar refractivity (Wildman–Crippen MR) is 109 cm³/mol. The SMILES string of the molecule is C/C=C/Oc1ccc(C(NCc2ccccc2)P(=O)(OCC)OCC)cc1. The first-order valence-electron chi connectivity index (χ1n) is 9.16. The predicted octanol–water partition coefficient (Wildman–Crippen LogP) is 5.65. The van der Waals surface area contributed by atoms with E-state index in [1.54, 1.807) is 6.26 Å². The van der Waals surface area contributed by atoms with Gasteiger partial charge in [-0.3, -0.25) is 9.88 Å². The van der Waals surface area contributed by atoms with E-state index in [-0.39, 0.29) is 0 Å². The molecule has 0 heterocycles. The molecule has 0 aliphatic heterocycles. The summed E-state index contributed by atoms with van der Waals surface area (Å²) in [4.78, 5) is 0. The first-order chi connectivity index (χ1) is 13.1. The van der Waals surface area contributed by atoms with Gasteiger partial charge in [0, 0.05) is 6.54 Å². The van der Waals surface area contributed by atoms with Gasteiger partial charge >= 0.3 is 7.60 Å². The van der Waals surface area contributed by atoms with Crippen molar-refractivity contribution in [3.63, 3.8) is 0 Å². The zero-order chi connectivity index (χ0) is 19.5. The van der Waals surface area contributed by atoms with Crippen molar-refractivity contribution in [3.8, 4) is 5.75 Å². The minimum atomic E-state index is -3.39. The van der Waals surface area contributed by atoms with Crippen LogP contribution in [0, 0.1) is 0 Å². The Kier molecular flexibility index (Phi) is 8.76. The minimum absolute atomic E-state index is 0.309. The number of ether oxygens (including phenoxy) is 1. The molecule has 0 aliphatic carbocycles. The highest BCUT2D eigenvalue weighted by Gasteiger charge is 2.36. The normalized spacial score (nSPS) is 13.0. The van der Waals surface area contributed by atoms with Gasteiger partial charge in [0.15, 0.2) is 0 Å². The van der Waals surface area contributed by atoms with Crippen LogP contribution in [0.5, 0.6) is 5.75 Å². The lowest BCUT2D eigenvalue weighted by Crippen LogP contribution is -2.23. The first-order valence-corrected chi connectivity index (χ1v) is 10.8. The molecule has 0 amide bonds. The molecule has 0 aliphatic rings. The Morgan fingerprint density at radius 2 is 1.63 bits per heavy atom. The highest BCUT2D eigenvalue weighted by Crippen LogP contribution is 2.59. The Morgan fingerprint density at radius 1 is 1.00 bits per heavy atom. The zero-order valence-electron chi connectivity index (χ0n) is 16.1. The maximum Gasteiger partial charge on any atom is 0.351 e. The molecule has 146 valence electrons. The summed E-state index contributed by atoms with van der Waals surface area (Å²) in [6, 6.07) is 17.4. The van der Waals surface area contributed by atoms with Crippen molar-refractivity contribution in [1.29, 1.82) is 0 Å². The Balaban J connectivity index is 2.28. The summed E-state index contributed by atoms with van der Waals surface area (Å²) in [6.07, 6.45) is 3.43. The number of hydrogen-bond acceptors (Lipinski definition) is 5. The number of allylic oxidation sites excluding steroid dienone is 1. The van der Waals surface area contributed by atoms with Gasteiger partial charge in [0.05, 0.1) is 19.5 Å². The fourth-order valence-electron chi connectivity index (χ4n) is 2.64. The number of nitrogens with one attached hydrogen (secondary N) is 1. The van der Waals surface area contributed by atoms with E-state index in [0.29, 0.717) is 25.5 Å². The zero-order valence-corrected chi connectivity index (χ0v) is 17.0. The van der Waals surface area contributed by atoms with Crippen molar-refractivity contribution in [1.82, 2.24) is 5.32 Å². The highest BCUT2D eigenvalue weighted by atomic mass is 31.2. The van der Waals surface area contributed by atoms with E-state index in [9.17, 15) is 4.57 Å². The molecule has 27 heavy (non-hydrogen) atoms. The van der Waals surface area contributed by atoms with E-state index in [0.717, 1.165) is 11.1 Å². The Labute approximate surface area is 161 Å². The van der Waals surface area contributed by atoms with E-state index < -0.39 is 13.4 Å². The molecule has 6 heteroatoms.